The fourth-order valence-electron chi connectivity index (χ4n) is 3.04. The monoisotopic (exact) mass is 324 g/mol. The first kappa shape index (κ1) is 17.0. The van der Waals surface area contributed by atoms with Crippen molar-refractivity contribution in [1.82, 2.24) is 0 Å². The molecule has 22 heavy (non-hydrogen) atoms. The first-order valence-corrected chi connectivity index (χ1v) is 8.75. The molecular weight excluding hydrogens is 300 g/mol. The molecule has 0 radical (unpaired) electrons. The molecule has 1 aliphatic rings. The molecule has 0 N–H and O–H groups in total. The van der Waals surface area contributed by atoms with Crippen LogP contribution in [0.25, 0.3) is 0 Å². The molecule has 122 valence electrons. The number of esters is 2. The summed E-state index contributed by atoms with van der Waals surface area (Å²) in [5.41, 5.74) is 0. The lowest BCUT2D eigenvalue weighted by molar-refractivity contribution is -0.159. The minimum Gasteiger partial charge on any atom is -0.460 e. The molecule has 0 saturated heterocycles. The molecule has 1 saturated carbocycles. The standard InChI is InChI=1S/C17H24O4S/c1-11(2)13-7-6-12(3)9-14(13)21-16(18)10-20-17(19)15-5-4-8-22-15/h4-5,8,11-14H,6-7,9-10H2,1-3H3/t12-,13-,14+/m0/s1. The van der Waals surface area contributed by atoms with Gasteiger partial charge in [0.15, 0.2) is 6.61 Å². The van der Waals surface area contributed by atoms with Gasteiger partial charge in [-0.1, -0.05) is 33.3 Å². The third-order valence-corrected chi connectivity index (χ3v) is 5.14. The molecule has 1 aromatic rings. The molecule has 0 amide bonds. The average Bonchev–Trinajstić information content (AvgIpc) is 2.98. The summed E-state index contributed by atoms with van der Waals surface area (Å²) in [5.74, 6) is 0.535. The summed E-state index contributed by atoms with van der Waals surface area (Å²) in [6.45, 7) is 6.21. The lowest BCUT2D eigenvalue weighted by atomic mass is 9.75. The van der Waals surface area contributed by atoms with Crippen LogP contribution in [-0.2, 0) is 14.3 Å². The van der Waals surface area contributed by atoms with Crippen molar-refractivity contribution in [3.05, 3.63) is 22.4 Å². The summed E-state index contributed by atoms with van der Waals surface area (Å²) in [7, 11) is 0. The van der Waals surface area contributed by atoms with Crippen LogP contribution in [0.1, 0.15) is 49.7 Å². The van der Waals surface area contributed by atoms with Gasteiger partial charge in [-0.2, -0.15) is 0 Å². The predicted octanol–water partition coefficient (Wildman–Crippen LogP) is 3.91. The molecule has 0 bridgehead atoms. The van der Waals surface area contributed by atoms with Gasteiger partial charge in [-0.3, -0.25) is 0 Å². The highest BCUT2D eigenvalue weighted by Gasteiger charge is 2.33. The highest BCUT2D eigenvalue weighted by molar-refractivity contribution is 7.11. The Hall–Kier alpha value is -1.36. The quantitative estimate of drug-likeness (QED) is 0.771. The van der Waals surface area contributed by atoms with Gasteiger partial charge in [-0.25, -0.2) is 9.59 Å². The molecule has 4 nitrogen and oxygen atoms in total. The first-order valence-electron chi connectivity index (χ1n) is 7.87. The van der Waals surface area contributed by atoms with E-state index in [4.69, 9.17) is 9.47 Å². The molecule has 0 aromatic carbocycles. The third-order valence-electron chi connectivity index (χ3n) is 4.29. The van der Waals surface area contributed by atoms with Crippen LogP contribution in [0, 0.1) is 17.8 Å². The Balaban J connectivity index is 1.83. The fourth-order valence-corrected chi connectivity index (χ4v) is 3.66. The van der Waals surface area contributed by atoms with Crippen LogP contribution in [0.15, 0.2) is 17.5 Å². The van der Waals surface area contributed by atoms with Crippen molar-refractivity contribution >= 4 is 23.3 Å². The first-order chi connectivity index (χ1) is 10.5. The highest BCUT2D eigenvalue weighted by atomic mass is 32.1. The van der Waals surface area contributed by atoms with Crippen LogP contribution in [0.4, 0.5) is 0 Å². The molecule has 2 rings (SSSR count). The van der Waals surface area contributed by atoms with Crippen molar-refractivity contribution in [2.24, 2.45) is 17.8 Å². The Kier molecular flexibility index (Phi) is 6.00. The Bertz CT molecular complexity index is 495. The van der Waals surface area contributed by atoms with E-state index in [1.165, 1.54) is 17.8 Å². The van der Waals surface area contributed by atoms with E-state index in [2.05, 4.69) is 20.8 Å². The number of carbonyl (C=O) groups excluding carboxylic acids is 2. The van der Waals surface area contributed by atoms with Gasteiger partial charge in [0.2, 0.25) is 0 Å². The molecule has 1 aromatic heterocycles. The zero-order valence-electron chi connectivity index (χ0n) is 13.4. The highest BCUT2D eigenvalue weighted by Crippen LogP contribution is 2.35. The summed E-state index contributed by atoms with van der Waals surface area (Å²) in [5, 5.41) is 1.80. The summed E-state index contributed by atoms with van der Waals surface area (Å²) >= 11 is 1.30. The number of thiophene rings is 1. The van der Waals surface area contributed by atoms with E-state index < -0.39 is 11.9 Å². The Morgan fingerprint density at radius 3 is 2.77 bits per heavy atom. The number of ether oxygens (including phenoxy) is 2. The van der Waals surface area contributed by atoms with Crippen LogP contribution in [-0.4, -0.2) is 24.6 Å². The van der Waals surface area contributed by atoms with Crippen molar-refractivity contribution in [1.29, 1.82) is 0 Å². The van der Waals surface area contributed by atoms with Crippen molar-refractivity contribution in [2.75, 3.05) is 6.61 Å². The zero-order valence-corrected chi connectivity index (χ0v) is 14.2. The Morgan fingerprint density at radius 2 is 2.14 bits per heavy atom. The normalized spacial score (nSPS) is 25.0. The van der Waals surface area contributed by atoms with Gasteiger partial charge < -0.3 is 9.47 Å². The predicted molar refractivity (Wildman–Crippen MR) is 85.8 cm³/mol. The topological polar surface area (TPSA) is 52.6 Å². The van der Waals surface area contributed by atoms with E-state index in [0.717, 1.165) is 12.8 Å². The number of rotatable bonds is 5. The number of hydrogen-bond donors (Lipinski definition) is 0. The summed E-state index contributed by atoms with van der Waals surface area (Å²) in [6, 6.07) is 3.45. The lowest BCUT2D eigenvalue weighted by Gasteiger charge is -2.36. The van der Waals surface area contributed by atoms with Crippen LogP contribution in [0.3, 0.4) is 0 Å². The van der Waals surface area contributed by atoms with E-state index in [1.54, 1.807) is 17.5 Å². The summed E-state index contributed by atoms with van der Waals surface area (Å²) < 4.78 is 10.6. The van der Waals surface area contributed by atoms with Crippen molar-refractivity contribution in [2.45, 2.75) is 46.1 Å². The SMILES string of the molecule is CC(C)[C@@H]1CC[C@H](C)C[C@H]1OC(=O)COC(=O)c1cccs1. The molecule has 0 aliphatic heterocycles. The molecular formula is C17H24O4S. The molecule has 1 heterocycles. The van der Waals surface area contributed by atoms with Gasteiger partial charge in [-0.15, -0.1) is 11.3 Å². The average molecular weight is 324 g/mol. The van der Waals surface area contributed by atoms with Crippen molar-refractivity contribution < 1.29 is 19.1 Å². The van der Waals surface area contributed by atoms with Crippen LogP contribution >= 0.6 is 11.3 Å². The summed E-state index contributed by atoms with van der Waals surface area (Å²) in [4.78, 5) is 24.2. The maximum absolute atomic E-state index is 12.0. The van der Waals surface area contributed by atoms with Gasteiger partial charge in [0.05, 0.1) is 0 Å². The lowest BCUT2D eigenvalue weighted by Crippen LogP contribution is -2.36. The minimum absolute atomic E-state index is 0.0586. The molecule has 0 spiro atoms. The number of hydrogen-bond acceptors (Lipinski definition) is 5. The molecule has 0 unspecified atom stereocenters. The maximum atomic E-state index is 12.0. The zero-order chi connectivity index (χ0) is 16.1. The fraction of sp³-hybridized carbons (Fsp3) is 0.647. The van der Waals surface area contributed by atoms with Gasteiger partial charge in [-0.05, 0) is 42.0 Å². The molecule has 1 aliphatic carbocycles. The van der Waals surface area contributed by atoms with Gasteiger partial charge in [0.25, 0.3) is 0 Å². The Morgan fingerprint density at radius 1 is 1.36 bits per heavy atom. The summed E-state index contributed by atoms with van der Waals surface area (Å²) in [6.07, 6.45) is 3.11. The van der Waals surface area contributed by atoms with E-state index >= 15 is 0 Å². The minimum atomic E-state index is -0.468. The molecule has 1 fully saturated rings. The van der Waals surface area contributed by atoms with Crippen LogP contribution in [0.5, 0.6) is 0 Å². The van der Waals surface area contributed by atoms with E-state index in [1.807, 2.05) is 0 Å². The Labute approximate surface area is 135 Å². The van der Waals surface area contributed by atoms with Gasteiger partial charge in [0.1, 0.15) is 11.0 Å². The van der Waals surface area contributed by atoms with Crippen LogP contribution in [0.2, 0.25) is 0 Å². The van der Waals surface area contributed by atoms with E-state index in [0.29, 0.717) is 22.6 Å². The van der Waals surface area contributed by atoms with E-state index in [9.17, 15) is 9.59 Å². The molecule has 5 heteroatoms. The second kappa shape index (κ2) is 7.77. The smallest absolute Gasteiger partial charge is 0.348 e. The largest absolute Gasteiger partial charge is 0.460 e. The third kappa shape index (κ3) is 4.57. The van der Waals surface area contributed by atoms with E-state index in [-0.39, 0.29) is 12.7 Å². The number of carbonyl (C=O) groups is 2. The second-order valence-electron chi connectivity index (χ2n) is 6.41. The van der Waals surface area contributed by atoms with Crippen LogP contribution < -0.4 is 0 Å². The van der Waals surface area contributed by atoms with Crippen molar-refractivity contribution in [3.8, 4) is 0 Å². The maximum Gasteiger partial charge on any atom is 0.348 e. The second-order valence-corrected chi connectivity index (χ2v) is 7.36. The van der Waals surface area contributed by atoms with Gasteiger partial charge >= 0.3 is 11.9 Å². The van der Waals surface area contributed by atoms with Crippen molar-refractivity contribution in [3.63, 3.8) is 0 Å². The molecule has 3 atom stereocenters. The van der Waals surface area contributed by atoms with Gasteiger partial charge in [0, 0.05) is 0 Å².